The van der Waals surface area contributed by atoms with Gasteiger partial charge < -0.3 is 15.4 Å². The minimum Gasteiger partial charge on any atom is -0.489 e. The maximum atomic E-state index is 11.5. The second-order valence-corrected chi connectivity index (χ2v) is 5.88. The molecule has 0 aromatic heterocycles. The van der Waals surface area contributed by atoms with E-state index in [0.29, 0.717) is 6.61 Å². The molecule has 0 saturated carbocycles. The molecular weight excluding hydrogens is 344 g/mol. The number of aryl methyl sites for hydroxylation is 2. The molecule has 0 bridgehead atoms. The van der Waals surface area contributed by atoms with Crippen LogP contribution in [0.5, 0.6) is 5.75 Å². The number of anilines is 1. The number of benzene rings is 2. The molecule has 0 unspecified atom stereocenters. The molecule has 0 aliphatic heterocycles. The van der Waals surface area contributed by atoms with E-state index in [9.17, 15) is 4.79 Å². The van der Waals surface area contributed by atoms with Crippen LogP contribution in [0.15, 0.2) is 40.9 Å². The Labute approximate surface area is 139 Å². The van der Waals surface area contributed by atoms with Crippen LogP contribution in [0.4, 0.5) is 10.5 Å². The summed E-state index contributed by atoms with van der Waals surface area (Å²) in [6.45, 7) is 4.44. The number of halogens is 1. The molecule has 2 amide bonds. The van der Waals surface area contributed by atoms with Crippen LogP contribution in [0.3, 0.4) is 0 Å². The number of urea groups is 1. The van der Waals surface area contributed by atoms with E-state index in [4.69, 9.17) is 4.74 Å². The molecule has 5 heteroatoms. The highest BCUT2D eigenvalue weighted by atomic mass is 79.9. The molecule has 2 rings (SSSR count). The molecule has 2 aromatic carbocycles. The van der Waals surface area contributed by atoms with Gasteiger partial charge in [-0.3, -0.25) is 0 Å². The SMILES string of the molecule is CNC(=O)Nc1cccc(Br)c1COc1ccc(C)cc1C. The Morgan fingerprint density at radius 3 is 2.68 bits per heavy atom. The summed E-state index contributed by atoms with van der Waals surface area (Å²) in [7, 11) is 1.58. The van der Waals surface area contributed by atoms with E-state index in [2.05, 4.69) is 39.6 Å². The Kier molecular flexibility index (Phi) is 5.44. The molecule has 116 valence electrons. The number of carbonyl (C=O) groups excluding carboxylic acids is 1. The minimum atomic E-state index is -0.258. The standard InChI is InChI=1S/C17H19BrN2O2/c1-11-7-8-16(12(2)9-11)22-10-13-14(18)5-4-6-15(13)20-17(21)19-3/h4-9H,10H2,1-3H3,(H2,19,20,21). The fourth-order valence-corrected chi connectivity index (χ4v) is 2.60. The van der Waals surface area contributed by atoms with Gasteiger partial charge in [0.15, 0.2) is 0 Å². The molecule has 0 heterocycles. The van der Waals surface area contributed by atoms with Crippen molar-refractivity contribution >= 4 is 27.6 Å². The number of amides is 2. The molecule has 0 spiro atoms. The van der Waals surface area contributed by atoms with Gasteiger partial charge >= 0.3 is 6.03 Å². The van der Waals surface area contributed by atoms with Crippen molar-refractivity contribution in [1.29, 1.82) is 0 Å². The Hall–Kier alpha value is -2.01. The zero-order valence-corrected chi connectivity index (χ0v) is 14.5. The van der Waals surface area contributed by atoms with Gasteiger partial charge in [-0.1, -0.05) is 39.7 Å². The van der Waals surface area contributed by atoms with Crippen LogP contribution in [0.25, 0.3) is 0 Å². The molecule has 0 fully saturated rings. The fourth-order valence-electron chi connectivity index (χ4n) is 2.12. The van der Waals surface area contributed by atoms with E-state index >= 15 is 0 Å². The van der Waals surface area contributed by atoms with Crippen molar-refractivity contribution in [2.75, 3.05) is 12.4 Å². The topological polar surface area (TPSA) is 50.4 Å². The first-order chi connectivity index (χ1) is 10.5. The number of rotatable bonds is 4. The number of carbonyl (C=O) groups is 1. The quantitative estimate of drug-likeness (QED) is 0.846. The van der Waals surface area contributed by atoms with Gasteiger partial charge in [0.25, 0.3) is 0 Å². The third kappa shape index (κ3) is 4.01. The van der Waals surface area contributed by atoms with Crippen molar-refractivity contribution < 1.29 is 9.53 Å². The van der Waals surface area contributed by atoms with Gasteiger partial charge in [-0.2, -0.15) is 0 Å². The molecule has 0 radical (unpaired) electrons. The highest BCUT2D eigenvalue weighted by Crippen LogP contribution is 2.27. The van der Waals surface area contributed by atoms with Crippen LogP contribution in [-0.4, -0.2) is 13.1 Å². The van der Waals surface area contributed by atoms with Crippen molar-refractivity contribution in [2.24, 2.45) is 0 Å². The van der Waals surface area contributed by atoms with Gasteiger partial charge in [-0.05, 0) is 37.6 Å². The minimum absolute atomic E-state index is 0.258. The second kappa shape index (κ2) is 7.31. The van der Waals surface area contributed by atoms with E-state index in [1.54, 1.807) is 7.05 Å². The highest BCUT2D eigenvalue weighted by Gasteiger charge is 2.10. The number of ether oxygens (including phenoxy) is 1. The molecule has 4 nitrogen and oxygen atoms in total. The molecule has 0 aliphatic carbocycles. The van der Waals surface area contributed by atoms with Gasteiger partial charge in [0, 0.05) is 17.1 Å². The molecular formula is C17H19BrN2O2. The lowest BCUT2D eigenvalue weighted by Gasteiger charge is -2.15. The third-order valence-electron chi connectivity index (χ3n) is 3.30. The van der Waals surface area contributed by atoms with Gasteiger partial charge in [0.05, 0.1) is 5.69 Å². The van der Waals surface area contributed by atoms with E-state index < -0.39 is 0 Å². The van der Waals surface area contributed by atoms with Crippen molar-refractivity contribution in [3.05, 3.63) is 57.6 Å². The second-order valence-electron chi connectivity index (χ2n) is 5.03. The largest absolute Gasteiger partial charge is 0.489 e. The first kappa shape index (κ1) is 16.4. The number of nitrogens with one attached hydrogen (secondary N) is 2. The maximum absolute atomic E-state index is 11.5. The molecule has 2 aromatic rings. The summed E-state index contributed by atoms with van der Waals surface area (Å²) >= 11 is 3.51. The first-order valence-electron chi connectivity index (χ1n) is 6.97. The summed E-state index contributed by atoms with van der Waals surface area (Å²) < 4.78 is 6.81. The molecule has 0 saturated heterocycles. The van der Waals surface area contributed by atoms with Crippen molar-refractivity contribution in [1.82, 2.24) is 5.32 Å². The average Bonchev–Trinajstić information content (AvgIpc) is 2.48. The van der Waals surface area contributed by atoms with Crippen molar-refractivity contribution in [2.45, 2.75) is 20.5 Å². The Morgan fingerprint density at radius 2 is 2.00 bits per heavy atom. The zero-order valence-electron chi connectivity index (χ0n) is 12.9. The number of hydrogen-bond acceptors (Lipinski definition) is 2. The molecule has 22 heavy (non-hydrogen) atoms. The summed E-state index contributed by atoms with van der Waals surface area (Å²) in [5.41, 5.74) is 3.91. The molecule has 0 aliphatic rings. The van der Waals surface area contributed by atoms with Gasteiger partial charge in [-0.25, -0.2) is 4.79 Å². The lowest BCUT2D eigenvalue weighted by molar-refractivity contribution is 0.254. The summed E-state index contributed by atoms with van der Waals surface area (Å²) in [5.74, 6) is 0.840. The van der Waals surface area contributed by atoms with E-state index in [1.807, 2.05) is 37.3 Å². The van der Waals surface area contributed by atoms with E-state index in [-0.39, 0.29) is 6.03 Å². The maximum Gasteiger partial charge on any atom is 0.318 e. The lowest BCUT2D eigenvalue weighted by atomic mass is 10.1. The van der Waals surface area contributed by atoms with E-state index in [1.165, 1.54) is 5.56 Å². The normalized spacial score (nSPS) is 10.2. The Bertz CT molecular complexity index is 686. The smallest absolute Gasteiger partial charge is 0.318 e. The van der Waals surface area contributed by atoms with Crippen molar-refractivity contribution in [3.63, 3.8) is 0 Å². The molecule has 2 N–H and O–H groups in total. The van der Waals surface area contributed by atoms with Gasteiger partial charge in [-0.15, -0.1) is 0 Å². The van der Waals surface area contributed by atoms with Crippen molar-refractivity contribution in [3.8, 4) is 5.75 Å². The van der Waals surface area contributed by atoms with E-state index in [0.717, 1.165) is 27.0 Å². The predicted octanol–water partition coefficient (Wildman–Crippen LogP) is 4.40. The highest BCUT2D eigenvalue weighted by molar-refractivity contribution is 9.10. The van der Waals surface area contributed by atoms with Crippen LogP contribution < -0.4 is 15.4 Å². The Morgan fingerprint density at radius 1 is 1.23 bits per heavy atom. The van der Waals surface area contributed by atoms with Crippen LogP contribution in [0, 0.1) is 13.8 Å². The van der Waals surface area contributed by atoms with Crippen LogP contribution >= 0.6 is 15.9 Å². The summed E-state index contributed by atoms with van der Waals surface area (Å²) in [4.78, 5) is 11.5. The van der Waals surface area contributed by atoms with Gasteiger partial charge in [0.2, 0.25) is 0 Å². The summed E-state index contributed by atoms with van der Waals surface area (Å²) in [6.07, 6.45) is 0. The lowest BCUT2D eigenvalue weighted by Crippen LogP contribution is -2.25. The molecule has 0 atom stereocenters. The summed E-state index contributed by atoms with van der Waals surface area (Å²) in [6, 6.07) is 11.5. The zero-order chi connectivity index (χ0) is 16.1. The third-order valence-corrected chi connectivity index (χ3v) is 4.04. The predicted molar refractivity (Wildman–Crippen MR) is 92.5 cm³/mol. The van der Waals surface area contributed by atoms with Gasteiger partial charge in [0.1, 0.15) is 12.4 Å². The number of hydrogen-bond donors (Lipinski definition) is 2. The first-order valence-corrected chi connectivity index (χ1v) is 7.76. The van der Waals surface area contributed by atoms with Crippen LogP contribution in [0.2, 0.25) is 0 Å². The Balaban J connectivity index is 2.19. The average molecular weight is 363 g/mol. The van der Waals surface area contributed by atoms with Crippen LogP contribution in [0.1, 0.15) is 16.7 Å². The monoisotopic (exact) mass is 362 g/mol. The van der Waals surface area contributed by atoms with Crippen LogP contribution in [-0.2, 0) is 6.61 Å². The fraction of sp³-hybridized carbons (Fsp3) is 0.235. The summed E-state index contributed by atoms with van der Waals surface area (Å²) in [5, 5.41) is 5.34.